The average Bonchev–Trinajstić information content (AvgIpc) is 2.96. The zero-order valence-corrected chi connectivity index (χ0v) is 21.6. The Morgan fingerprint density at radius 3 is 2.70 bits per heavy atom. The third kappa shape index (κ3) is 7.52. The van der Waals surface area contributed by atoms with Gasteiger partial charge in [0.05, 0.1) is 12.1 Å². The molecule has 2 aromatic heterocycles. The molecule has 1 aliphatic heterocycles. The maximum absolute atomic E-state index is 6.20. The fourth-order valence-corrected chi connectivity index (χ4v) is 5.04. The number of piperidine rings is 1. The molecule has 2 N–H and O–H groups in total. The third-order valence-corrected chi connectivity index (χ3v) is 7.24. The normalized spacial score (nSPS) is 16.5. The van der Waals surface area contributed by atoms with Gasteiger partial charge in [0, 0.05) is 49.2 Å². The topological polar surface area (TPSA) is 75.2 Å². The van der Waals surface area contributed by atoms with Crippen LogP contribution in [0.25, 0.3) is 10.9 Å². The zero-order valence-electron chi connectivity index (χ0n) is 21.6. The molecule has 0 saturated carbocycles. The molecule has 0 atom stereocenters. The first kappa shape index (κ1) is 25.2. The highest BCUT2D eigenvalue weighted by Crippen LogP contribution is 2.26. The van der Waals surface area contributed by atoms with Crippen LogP contribution in [0.4, 0.5) is 11.5 Å². The van der Waals surface area contributed by atoms with Crippen molar-refractivity contribution < 1.29 is 4.74 Å². The van der Waals surface area contributed by atoms with E-state index in [4.69, 9.17) is 4.74 Å². The maximum atomic E-state index is 6.20. The first-order chi connectivity index (χ1) is 18.3. The summed E-state index contributed by atoms with van der Waals surface area (Å²) in [5.74, 6) is 2.38. The van der Waals surface area contributed by atoms with Gasteiger partial charge < -0.3 is 20.3 Å². The van der Waals surface area contributed by atoms with Crippen LogP contribution in [-0.2, 0) is 0 Å². The molecule has 0 bridgehead atoms. The number of nitrogens with zero attached hydrogens (tertiary/aromatic N) is 4. The Kier molecular flexibility index (Phi) is 8.99. The van der Waals surface area contributed by atoms with E-state index in [0.717, 1.165) is 80.3 Å². The van der Waals surface area contributed by atoms with Gasteiger partial charge in [0.2, 0.25) is 0 Å². The standard InChI is InChI=1S/C30H38N6O/c1-2-5-24(6-3-1)7-4-14-33-30-28-9-8-27(21-29(28)34-23-35-30)37-22-25-12-18-36(19-13-25)20-17-32-26-10-15-31-16-11-26/h2,5-6,8-11,15-16,21,23,25H,1,3-4,7,12-14,17-20,22H2,(H,31,32)(H,33,34,35). The van der Waals surface area contributed by atoms with Crippen molar-refractivity contribution in [2.45, 2.75) is 38.5 Å². The van der Waals surface area contributed by atoms with Gasteiger partial charge in [0.15, 0.2) is 0 Å². The average molecular weight is 499 g/mol. The van der Waals surface area contributed by atoms with Gasteiger partial charge in [0.25, 0.3) is 0 Å². The molecule has 194 valence electrons. The fraction of sp³-hybridized carbons (Fsp3) is 0.433. The van der Waals surface area contributed by atoms with Crippen molar-refractivity contribution in [3.63, 3.8) is 0 Å². The van der Waals surface area contributed by atoms with Crippen LogP contribution in [0.5, 0.6) is 5.75 Å². The van der Waals surface area contributed by atoms with Gasteiger partial charge >= 0.3 is 0 Å². The third-order valence-electron chi connectivity index (χ3n) is 7.24. The lowest BCUT2D eigenvalue weighted by Gasteiger charge is -2.31. The summed E-state index contributed by atoms with van der Waals surface area (Å²) in [6.07, 6.45) is 19.0. The molecule has 37 heavy (non-hydrogen) atoms. The van der Waals surface area contributed by atoms with Crippen LogP contribution in [0, 0.1) is 5.92 Å². The van der Waals surface area contributed by atoms with Crippen LogP contribution in [0.15, 0.2) is 72.9 Å². The quantitative estimate of drug-likeness (QED) is 0.310. The summed E-state index contributed by atoms with van der Waals surface area (Å²) in [5.41, 5.74) is 3.50. The van der Waals surface area contributed by atoms with Crippen LogP contribution < -0.4 is 15.4 Å². The molecule has 0 unspecified atom stereocenters. The molecule has 0 radical (unpaired) electrons. The first-order valence-corrected chi connectivity index (χ1v) is 13.7. The van der Waals surface area contributed by atoms with Crippen molar-refractivity contribution in [1.82, 2.24) is 19.9 Å². The van der Waals surface area contributed by atoms with E-state index < -0.39 is 0 Å². The lowest BCUT2D eigenvalue weighted by Crippen LogP contribution is -2.38. The lowest BCUT2D eigenvalue weighted by molar-refractivity contribution is 0.145. The second kappa shape index (κ2) is 13.2. The Balaban J connectivity index is 1.04. The van der Waals surface area contributed by atoms with Gasteiger partial charge in [-0.3, -0.25) is 4.98 Å². The number of pyridine rings is 1. The molecule has 1 saturated heterocycles. The van der Waals surface area contributed by atoms with E-state index in [1.165, 1.54) is 31.3 Å². The molecule has 0 amide bonds. The number of fused-ring (bicyclic) bond motifs is 1. The molecule has 3 heterocycles. The molecule has 1 fully saturated rings. The van der Waals surface area contributed by atoms with Crippen molar-refractivity contribution in [1.29, 1.82) is 0 Å². The molecular weight excluding hydrogens is 460 g/mol. The lowest BCUT2D eigenvalue weighted by atomic mass is 9.98. The Bertz CT molecular complexity index is 1190. The van der Waals surface area contributed by atoms with Crippen molar-refractivity contribution in [3.05, 3.63) is 72.9 Å². The SMILES string of the molecule is C1=CC(CCCNc2ncnc3cc(OCC4CCN(CCNc5ccncc5)CC4)ccc23)=CCC1. The Hall–Kier alpha value is -3.45. The highest BCUT2D eigenvalue weighted by Gasteiger charge is 2.19. The van der Waals surface area contributed by atoms with Crippen LogP contribution in [0.2, 0.25) is 0 Å². The Morgan fingerprint density at radius 2 is 1.86 bits per heavy atom. The number of benzene rings is 1. The summed E-state index contributed by atoms with van der Waals surface area (Å²) < 4.78 is 6.20. The smallest absolute Gasteiger partial charge is 0.137 e. The number of hydrogen-bond acceptors (Lipinski definition) is 7. The molecule has 5 rings (SSSR count). The van der Waals surface area contributed by atoms with Crippen molar-refractivity contribution >= 4 is 22.4 Å². The van der Waals surface area contributed by atoms with Crippen LogP contribution in [0.3, 0.4) is 0 Å². The summed E-state index contributed by atoms with van der Waals surface area (Å²) in [6.45, 7) is 5.92. The molecule has 2 aliphatic rings. The van der Waals surface area contributed by atoms with Crippen LogP contribution in [0.1, 0.15) is 38.5 Å². The minimum Gasteiger partial charge on any atom is -0.493 e. The van der Waals surface area contributed by atoms with Gasteiger partial charge in [0.1, 0.15) is 17.9 Å². The second-order valence-electron chi connectivity index (χ2n) is 9.95. The number of ether oxygens (including phenoxy) is 1. The first-order valence-electron chi connectivity index (χ1n) is 13.7. The van der Waals surface area contributed by atoms with E-state index in [1.807, 2.05) is 30.6 Å². The predicted molar refractivity (Wildman–Crippen MR) is 151 cm³/mol. The summed E-state index contributed by atoms with van der Waals surface area (Å²) in [4.78, 5) is 15.6. The van der Waals surface area contributed by atoms with Gasteiger partial charge in [-0.2, -0.15) is 0 Å². The van der Waals surface area contributed by atoms with E-state index >= 15 is 0 Å². The summed E-state index contributed by atoms with van der Waals surface area (Å²) in [5, 5.41) is 8.02. The summed E-state index contributed by atoms with van der Waals surface area (Å²) in [7, 11) is 0. The van der Waals surface area contributed by atoms with Gasteiger partial charge in [-0.25, -0.2) is 9.97 Å². The molecule has 1 aromatic carbocycles. The monoisotopic (exact) mass is 498 g/mol. The van der Waals surface area contributed by atoms with E-state index in [1.54, 1.807) is 6.33 Å². The zero-order chi connectivity index (χ0) is 25.1. The van der Waals surface area contributed by atoms with Gasteiger partial charge in [-0.05, 0) is 81.8 Å². The van der Waals surface area contributed by atoms with E-state index in [0.29, 0.717) is 5.92 Å². The highest BCUT2D eigenvalue weighted by molar-refractivity contribution is 5.89. The van der Waals surface area contributed by atoms with Crippen molar-refractivity contribution in [2.75, 3.05) is 50.0 Å². The number of nitrogens with one attached hydrogen (secondary N) is 2. The molecule has 0 spiro atoms. The van der Waals surface area contributed by atoms with E-state index in [2.05, 4.69) is 60.8 Å². The predicted octanol–water partition coefficient (Wildman–Crippen LogP) is 5.70. The fourth-order valence-electron chi connectivity index (χ4n) is 5.04. The van der Waals surface area contributed by atoms with E-state index in [-0.39, 0.29) is 0 Å². The van der Waals surface area contributed by atoms with Crippen molar-refractivity contribution in [3.8, 4) is 5.75 Å². The van der Waals surface area contributed by atoms with E-state index in [9.17, 15) is 0 Å². The Morgan fingerprint density at radius 1 is 0.973 bits per heavy atom. The van der Waals surface area contributed by atoms with Crippen LogP contribution in [-0.4, -0.2) is 59.2 Å². The largest absolute Gasteiger partial charge is 0.493 e. The van der Waals surface area contributed by atoms with Gasteiger partial charge in [-0.15, -0.1) is 0 Å². The number of rotatable bonds is 12. The summed E-state index contributed by atoms with van der Waals surface area (Å²) in [6, 6.07) is 10.2. The number of allylic oxidation sites excluding steroid dienone is 4. The molecule has 7 nitrogen and oxygen atoms in total. The highest BCUT2D eigenvalue weighted by atomic mass is 16.5. The minimum absolute atomic E-state index is 0.594. The number of hydrogen-bond donors (Lipinski definition) is 2. The maximum Gasteiger partial charge on any atom is 0.137 e. The van der Waals surface area contributed by atoms with Crippen LogP contribution >= 0.6 is 0 Å². The minimum atomic E-state index is 0.594. The Labute approximate surface area is 220 Å². The number of likely N-dealkylation sites (tertiary alicyclic amines) is 1. The number of aromatic nitrogens is 3. The second-order valence-corrected chi connectivity index (χ2v) is 9.95. The molecule has 3 aromatic rings. The molecule has 7 heteroatoms. The van der Waals surface area contributed by atoms with Crippen molar-refractivity contribution in [2.24, 2.45) is 5.92 Å². The summed E-state index contributed by atoms with van der Waals surface area (Å²) >= 11 is 0. The molecular formula is C30H38N6O. The molecule has 1 aliphatic carbocycles. The van der Waals surface area contributed by atoms with Gasteiger partial charge in [-0.1, -0.05) is 23.8 Å². The number of anilines is 2.